The lowest BCUT2D eigenvalue weighted by Gasteiger charge is -2.21. The minimum absolute atomic E-state index is 0.0288. The second-order valence-electron chi connectivity index (χ2n) is 5.62. The van der Waals surface area contributed by atoms with Crippen molar-refractivity contribution in [1.82, 2.24) is 4.98 Å². The fourth-order valence-electron chi connectivity index (χ4n) is 1.97. The molecule has 0 bridgehead atoms. The number of fused-ring (bicyclic) bond motifs is 1. The first kappa shape index (κ1) is 14.9. The van der Waals surface area contributed by atoms with Crippen LogP contribution in [0.1, 0.15) is 33.4 Å². The first-order valence-electron chi connectivity index (χ1n) is 6.37. The molecular weight excluding hydrogens is 371 g/mol. The van der Waals surface area contributed by atoms with Crippen molar-refractivity contribution >= 4 is 50.8 Å². The monoisotopic (exact) mass is 388 g/mol. The van der Waals surface area contributed by atoms with Crippen LogP contribution in [-0.2, 0) is 5.41 Å². The molecule has 0 atom stereocenters. The largest absolute Gasteiger partial charge is 0.385 e. The van der Waals surface area contributed by atoms with Crippen LogP contribution in [0.25, 0.3) is 10.9 Å². The van der Waals surface area contributed by atoms with E-state index in [9.17, 15) is 0 Å². The maximum atomic E-state index is 6.17. The lowest BCUT2D eigenvalue weighted by atomic mass is 9.90. The molecule has 19 heavy (non-hydrogen) atoms. The highest BCUT2D eigenvalue weighted by Crippen LogP contribution is 2.33. The topological polar surface area (TPSA) is 24.9 Å². The third-order valence-electron chi connectivity index (χ3n) is 2.97. The van der Waals surface area contributed by atoms with Gasteiger partial charge in [-0.05, 0) is 47.7 Å². The van der Waals surface area contributed by atoms with Gasteiger partial charge in [0.1, 0.15) is 0 Å². The standard InChI is InChI=1S/C15H18ClIN2/c1-5-18-12-8-13(15(2,3)4)19-14-10(12)6-9(16)7-11(14)17/h6-8H,5H2,1-4H3,(H,18,19). The number of pyridine rings is 1. The van der Waals surface area contributed by atoms with Crippen molar-refractivity contribution in [3.05, 3.63) is 32.5 Å². The summed E-state index contributed by atoms with van der Waals surface area (Å²) in [4.78, 5) is 4.82. The molecule has 102 valence electrons. The van der Waals surface area contributed by atoms with Gasteiger partial charge >= 0.3 is 0 Å². The van der Waals surface area contributed by atoms with Crippen molar-refractivity contribution in [3.63, 3.8) is 0 Å². The van der Waals surface area contributed by atoms with E-state index in [0.29, 0.717) is 0 Å². The van der Waals surface area contributed by atoms with Crippen LogP contribution in [0, 0.1) is 3.57 Å². The average molecular weight is 389 g/mol. The second kappa shape index (κ2) is 5.44. The molecule has 2 aromatic rings. The summed E-state index contributed by atoms with van der Waals surface area (Å²) in [6.07, 6.45) is 0. The predicted octanol–water partition coefficient (Wildman–Crippen LogP) is 5.22. The molecule has 0 spiro atoms. The predicted molar refractivity (Wildman–Crippen MR) is 92.3 cm³/mol. The molecule has 0 aliphatic rings. The summed E-state index contributed by atoms with van der Waals surface area (Å²) in [5.41, 5.74) is 3.25. The second-order valence-corrected chi connectivity index (χ2v) is 7.22. The van der Waals surface area contributed by atoms with E-state index in [-0.39, 0.29) is 5.41 Å². The fourth-order valence-corrected chi connectivity index (χ4v) is 3.12. The number of anilines is 1. The van der Waals surface area contributed by atoms with Gasteiger partial charge in [0, 0.05) is 37.3 Å². The Hall–Kier alpha value is -0.550. The molecule has 1 aromatic heterocycles. The lowest BCUT2D eigenvalue weighted by molar-refractivity contribution is 0.571. The molecule has 0 unspecified atom stereocenters. The van der Waals surface area contributed by atoms with Crippen molar-refractivity contribution in [1.29, 1.82) is 0 Å². The molecule has 0 saturated heterocycles. The molecule has 1 aromatic carbocycles. The Morgan fingerprint density at radius 2 is 1.95 bits per heavy atom. The summed E-state index contributed by atoms with van der Waals surface area (Å²) in [6, 6.07) is 6.08. The Kier molecular flexibility index (Phi) is 4.26. The average Bonchev–Trinajstić information content (AvgIpc) is 2.28. The van der Waals surface area contributed by atoms with Gasteiger partial charge in [-0.25, -0.2) is 0 Å². The van der Waals surface area contributed by atoms with Crippen LogP contribution in [0.5, 0.6) is 0 Å². The normalized spacial score (nSPS) is 11.9. The van der Waals surface area contributed by atoms with E-state index >= 15 is 0 Å². The minimum atomic E-state index is 0.0288. The Bertz CT molecular complexity index is 618. The van der Waals surface area contributed by atoms with Gasteiger partial charge in [0.2, 0.25) is 0 Å². The quantitative estimate of drug-likeness (QED) is 0.713. The third kappa shape index (κ3) is 3.14. The van der Waals surface area contributed by atoms with Crippen LogP contribution in [-0.4, -0.2) is 11.5 Å². The number of nitrogens with one attached hydrogen (secondary N) is 1. The SMILES string of the molecule is CCNc1cc(C(C)(C)C)nc2c(I)cc(Cl)cc12. The van der Waals surface area contributed by atoms with E-state index in [0.717, 1.165) is 37.4 Å². The molecule has 2 rings (SSSR count). The molecule has 2 nitrogen and oxygen atoms in total. The van der Waals surface area contributed by atoms with E-state index in [1.165, 1.54) is 0 Å². The van der Waals surface area contributed by atoms with Gasteiger partial charge in [-0.2, -0.15) is 0 Å². The molecule has 0 amide bonds. The van der Waals surface area contributed by atoms with Crippen LogP contribution < -0.4 is 5.32 Å². The molecule has 0 aliphatic heterocycles. The maximum absolute atomic E-state index is 6.17. The van der Waals surface area contributed by atoms with E-state index < -0.39 is 0 Å². The highest BCUT2D eigenvalue weighted by atomic mass is 127. The third-order valence-corrected chi connectivity index (χ3v) is 4.01. The zero-order chi connectivity index (χ0) is 14.2. The van der Waals surface area contributed by atoms with E-state index in [2.05, 4.69) is 61.7 Å². The Balaban J connectivity index is 2.79. The summed E-state index contributed by atoms with van der Waals surface area (Å²) in [7, 11) is 0. The molecule has 0 aliphatic carbocycles. The number of hydrogen-bond donors (Lipinski definition) is 1. The van der Waals surface area contributed by atoms with E-state index in [1.54, 1.807) is 0 Å². The number of nitrogens with zero attached hydrogens (tertiary/aromatic N) is 1. The van der Waals surface area contributed by atoms with Crippen LogP contribution >= 0.6 is 34.2 Å². The van der Waals surface area contributed by atoms with Crippen molar-refractivity contribution in [2.45, 2.75) is 33.1 Å². The Morgan fingerprint density at radius 1 is 1.26 bits per heavy atom. The molecule has 0 radical (unpaired) electrons. The molecule has 1 heterocycles. The van der Waals surface area contributed by atoms with Crippen molar-refractivity contribution in [2.75, 3.05) is 11.9 Å². The van der Waals surface area contributed by atoms with Gasteiger partial charge in [0.05, 0.1) is 5.52 Å². The molecular formula is C15H18ClIN2. The first-order chi connectivity index (χ1) is 8.82. The van der Waals surface area contributed by atoms with Gasteiger partial charge in [-0.3, -0.25) is 4.98 Å². The maximum Gasteiger partial charge on any atom is 0.0860 e. The number of rotatable bonds is 2. The van der Waals surface area contributed by atoms with Crippen molar-refractivity contribution < 1.29 is 0 Å². The molecule has 1 N–H and O–H groups in total. The number of halogens is 2. The Morgan fingerprint density at radius 3 is 2.53 bits per heavy atom. The number of benzene rings is 1. The van der Waals surface area contributed by atoms with Gasteiger partial charge in [0.15, 0.2) is 0 Å². The van der Waals surface area contributed by atoms with Crippen molar-refractivity contribution in [3.8, 4) is 0 Å². The zero-order valence-corrected chi connectivity index (χ0v) is 14.6. The number of aromatic nitrogens is 1. The van der Waals surface area contributed by atoms with Crippen molar-refractivity contribution in [2.24, 2.45) is 0 Å². The van der Waals surface area contributed by atoms with Crippen LogP contribution in [0.2, 0.25) is 5.02 Å². The molecule has 0 fully saturated rings. The molecule has 4 heteroatoms. The van der Waals surface area contributed by atoms with Gasteiger partial charge in [-0.15, -0.1) is 0 Å². The summed E-state index contributed by atoms with van der Waals surface area (Å²) >= 11 is 8.46. The smallest absolute Gasteiger partial charge is 0.0860 e. The van der Waals surface area contributed by atoms with Crippen LogP contribution in [0.3, 0.4) is 0 Å². The van der Waals surface area contributed by atoms with Gasteiger partial charge in [0.25, 0.3) is 0 Å². The highest BCUT2D eigenvalue weighted by Gasteiger charge is 2.19. The van der Waals surface area contributed by atoms with Crippen LogP contribution in [0.15, 0.2) is 18.2 Å². The van der Waals surface area contributed by atoms with E-state index in [4.69, 9.17) is 16.6 Å². The van der Waals surface area contributed by atoms with Gasteiger partial charge < -0.3 is 5.32 Å². The number of hydrogen-bond acceptors (Lipinski definition) is 2. The summed E-state index contributed by atoms with van der Waals surface area (Å²) < 4.78 is 1.09. The summed E-state index contributed by atoms with van der Waals surface area (Å²) in [5, 5.41) is 5.26. The molecule has 0 saturated carbocycles. The van der Waals surface area contributed by atoms with Crippen LogP contribution in [0.4, 0.5) is 5.69 Å². The fraction of sp³-hybridized carbons (Fsp3) is 0.400. The lowest BCUT2D eigenvalue weighted by Crippen LogP contribution is -2.14. The zero-order valence-electron chi connectivity index (χ0n) is 11.6. The Labute approximate surface area is 133 Å². The minimum Gasteiger partial charge on any atom is -0.385 e. The first-order valence-corrected chi connectivity index (χ1v) is 7.82. The van der Waals surface area contributed by atoms with E-state index in [1.807, 2.05) is 12.1 Å². The van der Waals surface area contributed by atoms with Gasteiger partial charge in [-0.1, -0.05) is 32.4 Å². The highest BCUT2D eigenvalue weighted by molar-refractivity contribution is 14.1. The summed E-state index contributed by atoms with van der Waals surface area (Å²) in [5.74, 6) is 0. The summed E-state index contributed by atoms with van der Waals surface area (Å²) in [6.45, 7) is 9.52.